The molecule has 3 atom stereocenters. The lowest BCUT2D eigenvalue weighted by Gasteiger charge is -2.57. The summed E-state index contributed by atoms with van der Waals surface area (Å²) in [6.07, 6.45) is 2.08. The second-order valence-electron chi connectivity index (χ2n) is 9.50. The lowest BCUT2D eigenvalue weighted by atomic mass is 9.74. The van der Waals surface area contributed by atoms with Crippen molar-refractivity contribution in [2.45, 2.75) is 30.8 Å². The molecule has 0 radical (unpaired) electrons. The molecule has 2 aromatic carbocycles. The van der Waals surface area contributed by atoms with Crippen LogP contribution in [-0.2, 0) is 9.53 Å². The molecule has 176 valence electrons. The zero-order valence-corrected chi connectivity index (χ0v) is 19.3. The molecular weight excluding hydrogens is 414 g/mol. The van der Waals surface area contributed by atoms with Gasteiger partial charge in [0, 0.05) is 44.2 Å². The first-order valence-electron chi connectivity index (χ1n) is 12.3. The fraction of sp³-hybridized carbons (Fsp3) is 0.519. The quantitative estimate of drug-likeness (QED) is 0.760. The number of carbonyl (C=O) groups excluding carboxylic acids is 1. The third-order valence-corrected chi connectivity index (χ3v) is 7.59. The number of rotatable bonds is 5. The molecule has 1 amide bonds. The summed E-state index contributed by atoms with van der Waals surface area (Å²) >= 11 is 0. The Bertz CT molecular complexity index is 914. The second-order valence-corrected chi connectivity index (χ2v) is 9.50. The molecule has 0 unspecified atom stereocenters. The molecule has 6 nitrogen and oxygen atoms in total. The number of carbonyl (C=O) groups is 1. The molecule has 3 heterocycles. The Kier molecular flexibility index (Phi) is 7.07. The predicted molar refractivity (Wildman–Crippen MR) is 129 cm³/mol. The molecule has 3 saturated heterocycles. The van der Waals surface area contributed by atoms with Crippen molar-refractivity contribution in [3.8, 4) is 11.1 Å². The number of hydrogen-bond acceptors (Lipinski definition) is 5. The minimum absolute atomic E-state index is 0.131. The van der Waals surface area contributed by atoms with Crippen molar-refractivity contribution in [3.05, 3.63) is 60.2 Å². The molecule has 3 fully saturated rings. The first kappa shape index (κ1) is 22.5. The van der Waals surface area contributed by atoms with Gasteiger partial charge in [0.1, 0.15) is 0 Å². The van der Waals surface area contributed by atoms with Gasteiger partial charge in [0.25, 0.3) is 0 Å². The molecule has 0 aliphatic carbocycles. The number of morpholine rings is 1. The Morgan fingerprint density at radius 3 is 2.33 bits per heavy atom. The van der Waals surface area contributed by atoms with Gasteiger partial charge >= 0.3 is 0 Å². The van der Waals surface area contributed by atoms with E-state index in [4.69, 9.17) is 4.74 Å². The van der Waals surface area contributed by atoms with Crippen molar-refractivity contribution in [2.24, 2.45) is 0 Å². The summed E-state index contributed by atoms with van der Waals surface area (Å²) in [5.74, 6) is 0.473. The zero-order valence-electron chi connectivity index (χ0n) is 19.3. The van der Waals surface area contributed by atoms with E-state index in [2.05, 4.69) is 63.2 Å². The average molecular weight is 450 g/mol. The summed E-state index contributed by atoms with van der Waals surface area (Å²) < 4.78 is 5.43. The molecule has 5 rings (SSSR count). The number of nitrogens with zero attached hydrogens (tertiary/aromatic N) is 3. The van der Waals surface area contributed by atoms with Gasteiger partial charge in [-0.25, -0.2) is 0 Å². The molecule has 6 heteroatoms. The van der Waals surface area contributed by atoms with Crippen LogP contribution in [0.25, 0.3) is 11.1 Å². The van der Waals surface area contributed by atoms with Crippen molar-refractivity contribution in [1.82, 2.24) is 14.7 Å². The van der Waals surface area contributed by atoms with E-state index < -0.39 is 0 Å². The van der Waals surface area contributed by atoms with Crippen LogP contribution >= 0.6 is 0 Å². The topological polar surface area (TPSA) is 56.2 Å². The molecule has 1 N–H and O–H groups in total. The molecule has 0 bridgehead atoms. The van der Waals surface area contributed by atoms with Gasteiger partial charge in [-0.05, 0) is 36.1 Å². The Balaban J connectivity index is 1.31. The van der Waals surface area contributed by atoms with Crippen LogP contribution in [0.5, 0.6) is 0 Å². The Morgan fingerprint density at radius 2 is 1.61 bits per heavy atom. The number of amides is 1. The van der Waals surface area contributed by atoms with Crippen LogP contribution in [0.1, 0.15) is 24.3 Å². The number of hydrogen-bond donors (Lipinski definition) is 1. The molecular formula is C27H35N3O3. The molecule has 0 saturated carbocycles. The molecule has 0 spiro atoms. The highest BCUT2D eigenvalue weighted by atomic mass is 16.5. The van der Waals surface area contributed by atoms with Gasteiger partial charge in [0.05, 0.1) is 26.4 Å². The van der Waals surface area contributed by atoms with Crippen LogP contribution in [0.2, 0.25) is 0 Å². The third kappa shape index (κ3) is 4.85. The third-order valence-electron chi connectivity index (χ3n) is 7.59. The van der Waals surface area contributed by atoms with Gasteiger partial charge in [-0.3, -0.25) is 14.6 Å². The van der Waals surface area contributed by atoms with Gasteiger partial charge in [-0.15, -0.1) is 0 Å². The average Bonchev–Trinajstić information content (AvgIpc) is 2.84. The van der Waals surface area contributed by atoms with E-state index in [0.29, 0.717) is 19.8 Å². The molecule has 33 heavy (non-hydrogen) atoms. The van der Waals surface area contributed by atoms with Crippen molar-refractivity contribution in [2.75, 3.05) is 59.1 Å². The molecule has 2 aromatic rings. The van der Waals surface area contributed by atoms with Gasteiger partial charge in [0.2, 0.25) is 5.91 Å². The minimum atomic E-state index is 0.131. The summed E-state index contributed by atoms with van der Waals surface area (Å²) in [4.78, 5) is 19.9. The largest absolute Gasteiger partial charge is 0.395 e. The second kappa shape index (κ2) is 10.3. The van der Waals surface area contributed by atoms with Crippen LogP contribution in [0.15, 0.2) is 54.6 Å². The van der Waals surface area contributed by atoms with Gasteiger partial charge in [-0.2, -0.15) is 0 Å². The molecule has 3 aliphatic heterocycles. The van der Waals surface area contributed by atoms with E-state index in [-0.39, 0.29) is 30.5 Å². The van der Waals surface area contributed by atoms with E-state index in [1.807, 2.05) is 6.07 Å². The van der Waals surface area contributed by atoms with Crippen molar-refractivity contribution in [1.29, 1.82) is 0 Å². The van der Waals surface area contributed by atoms with Crippen molar-refractivity contribution < 1.29 is 14.6 Å². The van der Waals surface area contributed by atoms with Crippen LogP contribution in [0, 0.1) is 0 Å². The van der Waals surface area contributed by atoms with Gasteiger partial charge in [0.15, 0.2) is 0 Å². The van der Waals surface area contributed by atoms with Crippen LogP contribution in [0.4, 0.5) is 0 Å². The van der Waals surface area contributed by atoms with Crippen LogP contribution < -0.4 is 0 Å². The highest BCUT2D eigenvalue weighted by Crippen LogP contribution is 2.42. The Labute approximate surface area is 196 Å². The minimum Gasteiger partial charge on any atom is -0.395 e. The first-order chi connectivity index (χ1) is 16.2. The lowest BCUT2D eigenvalue weighted by Crippen LogP contribution is -2.68. The maximum atomic E-state index is 13.2. The highest BCUT2D eigenvalue weighted by Gasteiger charge is 2.49. The fourth-order valence-corrected chi connectivity index (χ4v) is 5.75. The highest BCUT2D eigenvalue weighted by molar-refractivity contribution is 5.78. The SMILES string of the molecule is O=C(CN1CCOCC1)N1CCCCN2[C@H](CO)[C@@H](c3ccc(-c4ccccc4)cc3)[C@H]2C1. The number of fused-ring (bicyclic) bond motifs is 1. The smallest absolute Gasteiger partial charge is 0.236 e. The maximum Gasteiger partial charge on any atom is 0.236 e. The van der Waals surface area contributed by atoms with Gasteiger partial charge < -0.3 is 14.7 Å². The first-order valence-corrected chi connectivity index (χ1v) is 12.3. The summed E-state index contributed by atoms with van der Waals surface area (Å²) in [6, 6.07) is 19.6. The van der Waals surface area contributed by atoms with E-state index >= 15 is 0 Å². The van der Waals surface area contributed by atoms with E-state index in [1.54, 1.807) is 0 Å². The normalized spacial score (nSPS) is 26.7. The summed E-state index contributed by atoms with van der Waals surface area (Å²) in [5.41, 5.74) is 3.68. The van der Waals surface area contributed by atoms with Crippen molar-refractivity contribution in [3.63, 3.8) is 0 Å². The summed E-state index contributed by atoms with van der Waals surface area (Å²) in [5, 5.41) is 10.2. The standard InChI is InChI=1S/C27H35N3O3/c31-20-25-27(23-10-8-22(9-11-23)21-6-2-1-3-7-21)24-18-29(12-4-5-13-30(24)25)26(32)19-28-14-16-33-17-15-28/h1-3,6-11,24-25,27,31H,4-5,12-20H2/t24-,25-,27+/m1/s1. The monoisotopic (exact) mass is 449 g/mol. The van der Waals surface area contributed by atoms with E-state index in [9.17, 15) is 9.90 Å². The zero-order chi connectivity index (χ0) is 22.6. The molecule has 0 aromatic heterocycles. The Hall–Kier alpha value is -2.25. The van der Waals surface area contributed by atoms with Crippen LogP contribution in [-0.4, -0.2) is 96.9 Å². The number of benzene rings is 2. The maximum absolute atomic E-state index is 13.2. The van der Waals surface area contributed by atoms with E-state index in [1.165, 1.54) is 16.7 Å². The fourth-order valence-electron chi connectivity index (χ4n) is 5.75. The molecule has 3 aliphatic rings. The van der Waals surface area contributed by atoms with Crippen molar-refractivity contribution >= 4 is 5.91 Å². The predicted octanol–water partition coefficient (Wildman–Crippen LogP) is 2.44. The van der Waals surface area contributed by atoms with Gasteiger partial charge in [-0.1, -0.05) is 54.6 Å². The number of ether oxygens (including phenoxy) is 1. The van der Waals surface area contributed by atoms with Crippen LogP contribution in [0.3, 0.4) is 0 Å². The number of aliphatic hydroxyl groups excluding tert-OH is 1. The summed E-state index contributed by atoms with van der Waals surface area (Å²) in [6.45, 7) is 6.29. The lowest BCUT2D eigenvalue weighted by molar-refractivity contribution is -0.138. The van der Waals surface area contributed by atoms with E-state index in [0.717, 1.165) is 45.6 Å². The number of aliphatic hydroxyl groups is 1. The Morgan fingerprint density at radius 1 is 0.909 bits per heavy atom. The summed E-state index contributed by atoms with van der Waals surface area (Å²) in [7, 11) is 0.